The fourth-order valence-electron chi connectivity index (χ4n) is 3.04. The van der Waals surface area contributed by atoms with Crippen LogP contribution in [-0.4, -0.2) is 53.5 Å². The summed E-state index contributed by atoms with van der Waals surface area (Å²) < 4.78 is 36.8. The van der Waals surface area contributed by atoms with Crippen LogP contribution in [0.2, 0.25) is 0 Å². The van der Waals surface area contributed by atoms with Gasteiger partial charge in [0.05, 0.1) is 11.5 Å². The zero-order valence-corrected chi connectivity index (χ0v) is 19.4. The standard InChI is InChI=1S/C23H26N4O5S/c1-3-27(4-2)33(29,30)20-12-9-18(10-13-20)11-14-22(28)31-16-6-8-21-25-23(26-32-21)19-7-5-15-24-17-19/h5,7,9-15,17H,3-4,6,8,16H2,1-2H3/b14-11+. The van der Waals surface area contributed by atoms with Crippen molar-refractivity contribution in [3.63, 3.8) is 0 Å². The summed E-state index contributed by atoms with van der Waals surface area (Å²) in [7, 11) is -3.50. The van der Waals surface area contributed by atoms with E-state index in [2.05, 4.69) is 15.1 Å². The van der Waals surface area contributed by atoms with Crippen molar-refractivity contribution in [1.82, 2.24) is 19.4 Å². The number of aryl methyl sites for hydroxylation is 1. The fourth-order valence-corrected chi connectivity index (χ4v) is 4.50. The molecule has 0 aliphatic heterocycles. The highest BCUT2D eigenvalue weighted by atomic mass is 32.2. The Morgan fingerprint density at radius 2 is 1.91 bits per heavy atom. The lowest BCUT2D eigenvalue weighted by Gasteiger charge is -2.18. The molecule has 0 fully saturated rings. The second-order valence-electron chi connectivity index (χ2n) is 7.02. The summed E-state index contributed by atoms with van der Waals surface area (Å²) in [6, 6.07) is 9.99. The van der Waals surface area contributed by atoms with Crippen molar-refractivity contribution in [3.8, 4) is 11.4 Å². The zero-order chi connectivity index (χ0) is 23.7. The number of hydrogen-bond acceptors (Lipinski definition) is 8. The summed E-state index contributed by atoms with van der Waals surface area (Å²) in [5, 5.41) is 3.92. The van der Waals surface area contributed by atoms with Crippen LogP contribution in [-0.2, 0) is 26.0 Å². The maximum atomic E-state index is 12.5. The quantitative estimate of drug-likeness (QED) is 0.238. The van der Waals surface area contributed by atoms with Gasteiger partial charge >= 0.3 is 5.97 Å². The van der Waals surface area contributed by atoms with E-state index in [1.54, 1.807) is 50.5 Å². The van der Waals surface area contributed by atoms with E-state index < -0.39 is 16.0 Å². The Labute approximate surface area is 193 Å². The lowest BCUT2D eigenvalue weighted by atomic mass is 10.2. The van der Waals surface area contributed by atoms with E-state index in [1.165, 1.54) is 22.5 Å². The second kappa shape index (κ2) is 11.5. The van der Waals surface area contributed by atoms with Gasteiger partial charge in [-0.15, -0.1) is 0 Å². The minimum atomic E-state index is -3.50. The van der Waals surface area contributed by atoms with Gasteiger partial charge in [-0.1, -0.05) is 31.1 Å². The first kappa shape index (κ1) is 24.3. The largest absolute Gasteiger partial charge is 0.463 e. The Bertz CT molecular complexity index is 1170. The van der Waals surface area contributed by atoms with Crippen molar-refractivity contribution in [2.24, 2.45) is 0 Å². The van der Waals surface area contributed by atoms with Gasteiger partial charge in [-0.25, -0.2) is 13.2 Å². The Balaban J connectivity index is 1.44. The predicted molar refractivity (Wildman–Crippen MR) is 122 cm³/mol. The Morgan fingerprint density at radius 3 is 2.58 bits per heavy atom. The molecule has 2 heterocycles. The molecule has 0 aliphatic carbocycles. The highest BCUT2D eigenvalue weighted by Crippen LogP contribution is 2.17. The van der Waals surface area contributed by atoms with Crippen molar-refractivity contribution in [1.29, 1.82) is 0 Å². The van der Waals surface area contributed by atoms with Crippen LogP contribution in [0.25, 0.3) is 17.5 Å². The maximum Gasteiger partial charge on any atom is 0.330 e. The minimum absolute atomic E-state index is 0.203. The van der Waals surface area contributed by atoms with Gasteiger partial charge in [-0.05, 0) is 42.3 Å². The van der Waals surface area contributed by atoms with Crippen LogP contribution in [0.4, 0.5) is 0 Å². The first-order valence-corrected chi connectivity index (χ1v) is 12.1. The summed E-state index contributed by atoms with van der Waals surface area (Å²) >= 11 is 0. The Kier molecular flexibility index (Phi) is 8.45. The van der Waals surface area contributed by atoms with Crippen LogP contribution in [0.3, 0.4) is 0 Å². The SMILES string of the molecule is CCN(CC)S(=O)(=O)c1ccc(/C=C/C(=O)OCCCc2nc(-c3cccnc3)no2)cc1. The number of hydrogen-bond donors (Lipinski definition) is 0. The molecule has 1 aromatic carbocycles. The van der Waals surface area contributed by atoms with Crippen LogP contribution in [0.1, 0.15) is 31.7 Å². The van der Waals surface area contributed by atoms with Crippen LogP contribution in [0.5, 0.6) is 0 Å². The molecule has 0 saturated carbocycles. The van der Waals surface area contributed by atoms with E-state index in [1.807, 2.05) is 6.07 Å². The van der Waals surface area contributed by atoms with Crippen molar-refractivity contribution in [2.45, 2.75) is 31.6 Å². The molecule has 0 saturated heterocycles. The molecule has 3 aromatic rings. The number of ether oxygens (including phenoxy) is 1. The Morgan fingerprint density at radius 1 is 1.15 bits per heavy atom. The maximum absolute atomic E-state index is 12.5. The average Bonchev–Trinajstić information content (AvgIpc) is 3.31. The fraction of sp³-hybridized carbons (Fsp3) is 0.304. The molecule has 10 heteroatoms. The second-order valence-corrected chi connectivity index (χ2v) is 8.95. The number of nitrogens with zero attached hydrogens (tertiary/aromatic N) is 4. The molecule has 3 rings (SSSR count). The molecule has 2 aromatic heterocycles. The third kappa shape index (κ3) is 6.56. The summed E-state index contributed by atoms with van der Waals surface area (Å²) in [6.07, 6.45) is 7.22. The summed E-state index contributed by atoms with van der Waals surface area (Å²) in [5.41, 5.74) is 1.46. The molecule has 0 atom stereocenters. The van der Waals surface area contributed by atoms with Crippen molar-refractivity contribution in [3.05, 3.63) is 66.3 Å². The number of pyridine rings is 1. The van der Waals surface area contributed by atoms with Gasteiger partial charge in [0, 0.05) is 43.5 Å². The molecular formula is C23H26N4O5S. The lowest BCUT2D eigenvalue weighted by Crippen LogP contribution is -2.30. The molecule has 9 nitrogen and oxygen atoms in total. The topological polar surface area (TPSA) is 115 Å². The number of aromatic nitrogens is 3. The number of benzene rings is 1. The van der Waals surface area contributed by atoms with Gasteiger partial charge in [0.2, 0.25) is 21.7 Å². The summed E-state index contributed by atoms with van der Waals surface area (Å²) in [4.78, 5) is 20.5. The average molecular weight is 471 g/mol. The molecule has 0 bridgehead atoms. The van der Waals surface area contributed by atoms with Gasteiger partial charge in [-0.3, -0.25) is 4.98 Å². The molecule has 0 N–H and O–H groups in total. The zero-order valence-electron chi connectivity index (χ0n) is 18.5. The number of esters is 1. The molecule has 0 unspecified atom stereocenters. The molecule has 33 heavy (non-hydrogen) atoms. The molecule has 0 spiro atoms. The lowest BCUT2D eigenvalue weighted by molar-refractivity contribution is -0.137. The Hall–Kier alpha value is -3.37. The third-order valence-electron chi connectivity index (χ3n) is 4.80. The van der Waals surface area contributed by atoms with Crippen LogP contribution in [0, 0.1) is 0 Å². The first-order valence-electron chi connectivity index (χ1n) is 10.6. The molecular weight excluding hydrogens is 444 g/mol. The van der Waals surface area contributed by atoms with E-state index in [0.717, 1.165) is 5.56 Å². The molecule has 0 aliphatic rings. The van der Waals surface area contributed by atoms with Crippen molar-refractivity contribution >= 4 is 22.1 Å². The predicted octanol–water partition coefficient (Wildman–Crippen LogP) is 3.35. The highest BCUT2D eigenvalue weighted by Gasteiger charge is 2.20. The van der Waals surface area contributed by atoms with Gasteiger partial charge in [0.1, 0.15) is 0 Å². The number of sulfonamides is 1. The van der Waals surface area contributed by atoms with Crippen molar-refractivity contribution in [2.75, 3.05) is 19.7 Å². The first-order chi connectivity index (χ1) is 15.9. The summed E-state index contributed by atoms with van der Waals surface area (Å²) in [6.45, 7) is 4.61. The molecule has 174 valence electrons. The van der Waals surface area contributed by atoms with Gasteiger partial charge in [-0.2, -0.15) is 9.29 Å². The number of rotatable bonds is 11. The van der Waals surface area contributed by atoms with Crippen LogP contribution >= 0.6 is 0 Å². The van der Waals surface area contributed by atoms with E-state index in [0.29, 0.717) is 43.2 Å². The van der Waals surface area contributed by atoms with Crippen LogP contribution < -0.4 is 0 Å². The monoisotopic (exact) mass is 470 g/mol. The number of carbonyl (C=O) groups is 1. The summed E-state index contributed by atoms with van der Waals surface area (Å²) in [5.74, 6) is 0.436. The van der Waals surface area contributed by atoms with Crippen LogP contribution in [0.15, 0.2) is 64.3 Å². The highest BCUT2D eigenvalue weighted by molar-refractivity contribution is 7.89. The van der Waals surface area contributed by atoms with Crippen molar-refractivity contribution < 1.29 is 22.5 Å². The third-order valence-corrected chi connectivity index (χ3v) is 6.87. The van der Waals surface area contributed by atoms with E-state index in [9.17, 15) is 13.2 Å². The van der Waals surface area contributed by atoms with E-state index in [4.69, 9.17) is 9.26 Å². The minimum Gasteiger partial charge on any atom is -0.463 e. The number of carbonyl (C=O) groups excluding carboxylic acids is 1. The molecule has 0 amide bonds. The van der Waals surface area contributed by atoms with Gasteiger partial charge < -0.3 is 9.26 Å². The van der Waals surface area contributed by atoms with E-state index >= 15 is 0 Å². The smallest absolute Gasteiger partial charge is 0.330 e. The molecule has 0 radical (unpaired) electrons. The normalized spacial score (nSPS) is 11.8. The van der Waals surface area contributed by atoms with Gasteiger partial charge in [0.15, 0.2) is 0 Å². The van der Waals surface area contributed by atoms with E-state index in [-0.39, 0.29) is 11.5 Å². The van der Waals surface area contributed by atoms with Gasteiger partial charge in [0.25, 0.3) is 0 Å².